The Balaban J connectivity index is 1.70. The number of hydrogen-bond donors (Lipinski definition) is 1. The van der Waals surface area contributed by atoms with E-state index in [0.717, 1.165) is 13.0 Å². The smallest absolute Gasteiger partial charge is 0.296 e. The third-order valence-corrected chi connectivity index (χ3v) is 5.63. The minimum absolute atomic E-state index is 0.177. The topological polar surface area (TPSA) is 84.7 Å². The van der Waals surface area contributed by atoms with Crippen LogP contribution in [-0.2, 0) is 11.2 Å². The van der Waals surface area contributed by atoms with E-state index in [9.17, 15) is 14.9 Å². The van der Waals surface area contributed by atoms with E-state index in [1.807, 2.05) is 6.92 Å². The number of nitrogens with zero attached hydrogens (tertiary/aromatic N) is 2. The largest absolute Gasteiger partial charge is 0.496 e. The van der Waals surface area contributed by atoms with Gasteiger partial charge in [0.25, 0.3) is 5.69 Å². The first-order valence-electron chi connectivity index (χ1n) is 10.3. The van der Waals surface area contributed by atoms with E-state index in [0.29, 0.717) is 11.7 Å². The Bertz CT molecular complexity index is 894. The molecule has 0 heterocycles. The van der Waals surface area contributed by atoms with Crippen LogP contribution in [0.25, 0.3) is 0 Å². The molecule has 1 aliphatic rings. The van der Waals surface area contributed by atoms with Crippen LogP contribution in [0.5, 0.6) is 5.75 Å². The van der Waals surface area contributed by atoms with Gasteiger partial charge in [0, 0.05) is 6.04 Å². The summed E-state index contributed by atoms with van der Waals surface area (Å²) < 4.78 is 5.05. The molecule has 0 aliphatic heterocycles. The van der Waals surface area contributed by atoms with Gasteiger partial charge < -0.3 is 10.1 Å². The molecule has 30 heavy (non-hydrogen) atoms. The lowest BCUT2D eigenvalue weighted by Gasteiger charge is -2.30. The standard InChI is InChI=1S/C23H29N3O4/c1-4-25(21(18-9-10-18)13-17-7-5-16(2)6-8-17)15-23(27)24-20-12-11-19(30-3)14-22(20)26(28)29/h5-8,11-12,14,18,21H,4,9-10,13,15H2,1-3H3,(H,24,27). The number of carbonyl (C=O) groups is 1. The Morgan fingerprint density at radius 2 is 1.97 bits per heavy atom. The number of aryl methyl sites for hydroxylation is 1. The van der Waals surface area contributed by atoms with Crippen molar-refractivity contribution in [1.29, 1.82) is 0 Å². The number of rotatable bonds is 10. The van der Waals surface area contributed by atoms with E-state index < -0.39 is 4.92 Å². The number of nitro groups is 1. The monoisotopic (exact) mass is 411 g/mol. The number of anilines is 1. The van der Waals surface area contributed by atoms with E-state index in [2.05, 4.69) is 41.4 Å². The van der Waals surface area contributed by atoms with Crippen molar-refractivity contribution in [3.63, 3.8) is 0 Å². The van der Waals surface area contributed by atoms with Gasteiger partial charge in [-0.15, -0.1) is 0 Å². The summed E-state index contributed by atoms with van der Waals surface area (Å²) in [4.78, 5) is 25.8. The Morgan fingerprint density at radius 1 is 1.27 bits per heavy atom. The van der Waals surface area contributed by atoms with Crippen LogP contribution < -0.4 is 10.1 Å². The first-order valence-corrected chi connectivity index (χ1v) is 10.3. The second-order valence-electron chi connectivity index (χ2n) is 7.85. The molecule has 0 radical (unpaired) electrons. The fourth-order valence-corrected chi connectivity index (χ4v) is 3.77. The number of methoxy groups -OCH3 is 1. The van der Waals surface area contributed by atoms with E-state index in [4.69, 9.17) is 4.74 Å². The van der Waals surface area contributed by atoms with Gasteiger partial charge in [-0.1, -0.05) is 36.8 Å². The molecule has 1 amide bonds. The van der Waals surface area contributed by atoms with Gasteiger partial charge in [0.15, 0.2) is 0 Å². The maximum atomic E-state index is 12.7. The Labute approximate surface area is 177 Å². The minimum atomic E-state index is -0.514. The normalized spacial score (nSPS) is 14.4. The number of benzene rings is 2. The molecule has 2 aromatic rings. The number of likely N-dealkylation sites (N-methyl/N-ethyl adjacent to an activating group) is 1. The van der Waals surface area contributed by atoms with Gasteiger partial charge in [0.1, 0.15) is 11.4 Å². The Kier molecular flexibility index (Phi) is 7.05. The first-order chi connectivity index (χ1) is 14.4. The lowest BCUT2D eigenvalue weighted by Crippen LogP contribution is -2.43. The predicted molar refractivity (Wildman–Crippen MR) is 117 cm³/mol. The molecule has 0 aromatic heterocycles. The summed E-state index contributed by atoms with van der Waals surface area (Å²) in [5, 5.41) is 14.1. The van der Waals surface area contributed by atoms with Crippen LogP contribution in [-0.4, -0.2) is 42.0 Å². The molecule has 1 unspecified atom stereocenters. The van der Waals surface area contributed by atoms with Gasteiger partial charge in [-0.05, 0) is 56.3 Å². The second kappa shape index (κ2) is 9.71. The third kappa shape index (κ3) is 5.57. The zero-order valence-corrected chi connectivity index (χ0v) is 17.8. The van der Waals surface area contributed by atoms with Crippen LogP contribution in [0.1, 0.15) is 30.9 Å². The van der Waals surface area contributed by atoms with Crippen molar-refractivity contribution in [2.24, 2.45) is 5.92 Å². The van der Waals surface area contributed by atoms with E-state index in [-0.39, 0.29) is 29.9 Å². The minimum Gasteiger partial charge on any atom is -0.496 e. The van der Waals surface area contributed by atoms with Crippen molar-refractivity contribution in [2.45, 2.75) is 39.2 Å². The maximum Gasteiger partial charge on any atom is 0.296 e. The van der Waals surface area contributed by atoms with Crippen LogP contribution in [0.15, 0.2) is 42.5 Å². The Morgan fingerprint density at radius 3 is 2.53 bits per heavy atom. The molecule has 160 valence electrons. The van der Waals surface area contributed by atoms with Crippen molar-refractivity contribution in [2.75, 3.05) is 25.5 Å². The number of carbonyl (C=O) groups excluding carboxylic acids is 1. The summed E-state index contributed by atoms with van der Waals surface area (Å²) in [5.74, 6) is 0.718. The molecule has 0 bridgehead atoms. The summed E-state index contributed by atoms with van der Waals surface area (Å²) in [7, 11) is 1.45. The molecule has 2 aromatic carbocycles. The number of nitro benzene ring substituents is 1. The lowest BCUT2D eigenvalue weighted by molar-refractivity contribution is -0.384. The highest BCUT2D eigenvalue weighted by Gasteiger charge is 2.35. The molecular formula is C23H29N3O4. The highest BCUT2D eigenvalue weighted by atomic mass is 16.6. The van der Waals surface area contributed by atoms with E-state index in [1.165, 1.54) is 43.2 Å². The van der Waals surface area contributed by atoms with Gasteiger partial charge in [0.2, 0.25) is 5.91 Å². The lowest BCUT2D eigenvalue weighted by atomic mass is 9.99. The van der Waals surface area contributed by atoms with Crippen LogP contribution in [0.2, 0.25) is 0 Å². The van der Waals surface area contributed by atoms with E-state index in [1.54, 1.807) is 6.07 Å². The van der Waals surface area contributed by atoms with Crippen LogP contribution in [0.3, 0.4) is 0 Å². The fraction of sp³-hybridized carbons (Fsp3) is 0.435. The molecule has 3 rings (SSSR count). The average molecular weight is 412 g/mol. The number of hydrogen-bond acceptors (Lipinski definition) is 5. The third-order valence-electron chi connectivity index (χ3n) is 5.63. The van der Waals surface area contributed by atoms with E-state index >= 15 is 0 Å². The molecule has 7 nitrogen and oxygen atoms in total. The molecular weight excluding hydrogens is 382 g/mol. The van der Waals surface area contributed by atoms with Crippen molar-refractivity contribution in [1.82, 2.24) is 4.90 Å². The number of amides is 1. The average Bonchev–Trinajstić information content (AvgIpc) is 3.57. The van der Waals surface area contributed by atoms with Gasteiger partial charge in [0.05, 0.1) is 24.6 Å². The molecule has 0 spiro atoms. The summed E-state index contributed by atoms with van der Waals surface area (Å²) in [6, 6.07) is 13.3. The summed E-state index contributed by atoms with van der Waals surface area (Å²) in [6.45, 7) is 5.06. The fourth-order valence-electron chi connectivity index (χ4n) is 3.77. The Hall–Kier alpha value is -2.93. The zero-order valence-electron chi connectivity index (χ0n) is 17.8. The molecule has 1 aliphatic carbocycles. The predicted octanol–water partition coefficient (Wildman–Crippen LogP) is 4.19. The molecule has 0 saturated heterocycles. The van der Waals surface area contributed by atoms with Crippen molar-refractivity contribution in [3.05, 3.63) is 63.7 Å². The highest BCUT2D eigenvalue weighted by molar-refractivity contribution is 5.94. The molecule has 1 N–H and O–H groups in total. The van der Waals surface area contributed by atoms with Crippen LogP contribution in [0.4, 0.5) is 11.4 Å². The first kappa shape index (κ1) is 21.8. The molecule has 7 heteroatoms. The summed E-state index contributed by atoms with van der Waals surface area (Å²) in [5.41, 5.74) is 2.50. The van der Waals surface area contributed by atoms with Crippen molar-refractivity contribution >= 4 is 17.3 Å². The summed E-state index contributed by atoms with van der Waals surface area (Å²) >= 11 is 0. The van der Waals surface area contributed by atoms with Gasteiger partial charge in [-0.25, -0.2) is 0 Å². The van der Waals surface area contributed by atoms with Gasteiger partial charge in [-0.2, -0.15) is 0 Å². The van der Waals surface area contributed by atoms with Crippen molar-refractivity contribution in [3.8, 4) is 5.75 Å². The number of nitrogens with one attached hydrogen (secondary N) is 1. The second-order valence-corrected chi connectivity index (χ2v) is 7.85. The highest BCUT2D eigenvalue weighted by Crippen LogP contribution is 2.37. The van der Waals surface area contributed by atoms with Gasteiger partial charge >= 0.3 is 0 Å². The SMILES string of the molecule is CCN(CC(=O)Nc1ccc(OC)cc1[N+](=O)[O-])C(Cc1ccc(C)cc1)C1CC1. The molecule has 1 atom stereocenters. The zero-order chi connectivity index (χ0) is 21.7. The number of ether oxygens (including phenoxy) is 1. The van der Waals surface area contributed by atoms with Crippen LogP contribution in [0, 0.1) is 23.0 Å². The quantitative estimate of drug-likeness (QED) is 0.468. The maximum absolute atomic E-state index is 12.7. The molecule has 1 fully saturated rings. The molecule has 1 saturated carbocycles. The summed E-state index contributed by atoms with van der Waals surface area (Å²) in [6.07, 6.45) is 3.26. The van der Waals surface area contributed by atoms with Gasteiger partial charge in [-0.3, -0.25) is 19.8 Å². The van der Waals surface area contributed by atoms with Crippen LogP contribution >= 0.6 is 0 Å². The van der Waals surface area contributed by atoms with Crippen molar-refractivity contribution < 1.29 is 14.5 Å².